The van der Waals surface area contributed by atoms with Crippen molar-refractivity contribution in [1.29, 1.82) is 0 Å². The lowest BCUT2D eigenvalue weighted by molar-refractivity contribution is 1.10. The molecule has 1 heterocycles. The SMILES string of the molecule is CCc1c(S)c(I)cc2sccc12. The molecule has 0 spiro atoms. The van der Waals surface area contributed by atoms with Gasteiger partial charge in [-0.25, -0.2) is 0 Å². The van der Waals surface area contributed by atoms with Gasteiger partial charge >= 0.3 is 0 Å². The zero-order valence-electron chi connectivity index (χ0n) is 7.17. The summed E-state index contributed by atoms with van der Waals surface area (Å²) in [5.41, 5.74) is 1.38. The molecule has 1 aromatic carbocycles. The molecule has 1 aromatic heterocycles. The number of aryl methyl sites for hydroxylation is 1. The predicted molar refractivity (Wildman–Crippen MR) is 71.2 cm³/mol. The van der Waals surface area contributed by atoms with Crippen molar-refractivity contribution >= 4 is 56.6 Å². The van der Waals surface area contributed by atoms with E-state index >= 15 is 0 Å². The molecule has 0 saturated carbocycles. The van der Waals surface area contributed by atoms with Gasteiger partial charge in [0.2, 0.25) is 0 Å². The molecule has 13 heavy (non-hydrogen) atoms. The van der Waals surface area contributed by atoms with Gasteiger partial charge in [-0.3, -0.25) is 0 Å². The molecule has 0 N–H and O–H groups in total. The largest absolute Gasteiger partial charge is 0.144 e. The highest BCUT2D eigenvalue weighted by Gasteiger charge is 2.07. The van der Waals surface area contributed by atoms with Crippen molar-refractivity contribution in [2.75, 3.05) is 0 Å². The summed E-state index contributed by atoms with van der Waals surface area (Å²) in [4.78, 5) is 1.15. The molecule has 0 bridgehead atoms. The maximum Gasteiger partial charge on any atom is 0.0356 e. The van der Waals surface area contributed by atoms with Gasteiger partial charge in [0.1, 0.15) is 0 Å². The number of benzene rings is 1. The molecule has 2 aromatic rings. The van der Waals surface area contributed by atoms with E-state index in [1.165, 1.54) is 19.2 Å². The normalized spacial score (nSPS) is 11.0. The Balaban J connectivity index is 2.87. The van der Waals surface area contributed by atoms with Crippen molar-refractivity contribution in [3.63, 3.8) is 0 Å². The molecular formula is C10H9IS2. The van der Waals surface area contributed by atoms with E-state index in [2.05, 4.69) is 59.7 Å². The topological polar surface area (TPSA) is 0 Å². The molecule has 68 valence electrons. The molecule has 0 aliphatic heterocycles. The lowest BCUT2D eigenvalue weighted by Crippen LogP contribution is -1.87. The molecule has 3 heteroatoms. The zero-order chi connectivity index (χ0) is 9.42. The Hall–Kier alpha value is 0.260. The summed E-state index contributed by atoms with van der Waals surface area (Å²) in [6.07, 6.45) is 1.06. The van der Waals surface area contributed by atoms with Gasteiger partial charge in [0.15, 0.2) is 0 Å². The highest BCUT2D eigenvalue weighted by molar-refractivity contribution is 14.1. The van der Waals surface area contributed by atoms with Gasteiger partial charge in [-0.15, -0.1) is 24.0 Å². The van der Waals surface area contributed by atoms with Crippen LogP contribution in [-0.4, -0.2) is 0 Å². The van der Waals surface area contributed by atoms with E-state index < -0.39 is 0 Å². The second kappa shape index (κ2) is 3.79. The van der Waals surface area contributed by atoms with Crippen LogP contribution in [0.2, 0.25) is 0 Å². The molecule has 2 rings (SSSR count). The Labute approximate surface area is 101 Å². The summed E-state index contributed by atoms with van der Waals surface area (Å²) in [5, 5.41) is 3.52. The van der Waals surface area contributed by atoms with E-state index in [0.29, 0.717) is 0 Å². The number of rotatable bonds is 1. The van der Waals surface area contributed by atoms with Gasteiger partial charge in [-0.05, 0) is 57.5 Å². The highest BCUT2D eigenvalue weighted by atomic mass is 127. The van der Waals surface area contributed by atoms with Crippen LogP contribution in [0.1, 0.15) is 12.5 Å². The number of fused-ring (bicyclic) bond motifs is 1. The molecule has 0 saturated heterocycles. The van der Waals surface area contributed by atoms with Crippen LogP contribution < -0.4 is 0 Å². The average molecular weight is 320 g/mol. The van der Waals surface area contributed by atoms with Crippen LogP contribution in [0.3, 0.4) is 0 Å². The number of thiol groups is 1. The third kappa shape index (κ3) is 1.62. The smallest absolute Gasteiger partial charge is 0.0356 e. The van der Waals surface area contributed by atoms with Crippen molar-refractivity contribution in [2.45, 2.75) is 18.2 Å². The van der Waals surface area contributed by atoms with E-state index in [0.717, 1.165) is 11.3 Å². The van der Waals surface area contributed by atoms with E-state index in [1.54, 1.807) is 11.3 Å². The monoisotopic (exact) mass is 320 g/mol. The van der Waals surface area contributed by atoms with Gasteiger partial charge in [-0.1, -0.05) is 6.92 Å². The minimum absolute atomic E-state index is 1.06. The number of thiophene rings is 1. The third-order valence-electron chi connectivity index (χ3n) is 2.14. The van der Waals surface area contributed by atoms with E-state index in [-0.39, 0.29) is 0 Å². The van der Waals surface area contributed by atoms with E-state index in [9.17, 15) is 0 Å². The van der Waals surface area contributed by atoms with Crippen molar-refractivity contribution in [3.8, 4) is 0 Å². The molecular weight excluding hydrogens is 311 g/mol. The Kier molecular flexibility index (Phi) is 2.86. The first-order chi connectivity index (χ1) is 6.24. The molecule has 0 aliphatic carbocycles. The standard InChI is InChI=1S/C10H9IS2/c1-2-6-7-3-4-13-9(7)5-8(11)10(6)12/h3-5,12H,2H2,1H3. The van der Waals surface area contributed by atoms with Crippen molar-refractivity contribution in [1.82, 2.24) is 0 Å². The highest BCUT2D eigenvalue weighted by Crippen LogP contribution is 2.32. The lowest BCUT2D eigenvalue weighted by atomic mass is 10.1. The fourth-order valence-electron chi connectivity index (χ4n) is 1.50. The molecule has 0 atom stereocenters. The Morgan fingerprint density at radius 2 is 2.31 bits per heavy atom. The summed E-state index contributed by atoms with van der Waals surface area (Å²) in [6.45, 7) is 2.18. The minimum Gasteiger partial charge on any atom is -0.144 e. The zero-order valence-corrected chi connectivity index (χ0v) is 11.0. The summed E-state index contributed by atoms with van der Waals surface area (Å²) < 4.78 is 2.63. The average Bonchev–Trinajstić information content (AvgIpc) is 2.54. The van der Waals surface area contributed by atoms with Crippen LogP contribution in [0.15, 0.2) is 22.4 Å². The Morgan fingerprint density at radius 1 is 1.54 bits per heavy atom. The molecule has 0 aliphatic rings. The summed E-state index contributed by atoms with van der Waals surface area (Å²) in [6, 6.07) is 4.40. The maximum absolute atomic E-state index is 4.54. The Morgan fingerprint density at radius 3 is 3.00 bits per heavy atom. The van der Waals surface area contributed by atoms with Gasteiger partial charge in [0.05, 0.1) is 0 Å². The first-order valence-electron chi connectivity index (χ1n) is 4.11. The second-order valence-electron chi connectivity index (χ2n) is 2.87. The second-order valence-corrected chi connectivity index (χ2v) is 5.43. The summed E-state index contributed by atoms with van der Waals surface area (Å²) >= 11 is 8.69. The van der Waals surface area contributed by atoms with Crippen molar-refractivity contribution in [2.24, 2.45) is 0 Å². The number of halogens is 1. The van der Waals surface area contributed by atoms with Gasteiger partial charge in [0, 0.05) is 13.2 Å². The Bertz CT molecular complexity index is 445. The van der Waals surface area contributed by atoms with Crippen LogP contribution in [0.25, 0.3) is 10.1 Å². The van der Waals surface area contributed by atoms with Crippen LogP contribution in [-0.2, 0) is 6.42 Å². The first-order valence-corrected chi connectivity index (χ1v) is 6.52. The molecule has 0 nitrogen and oxygen atoms in total. The summed E-state index contributed by atoms with van der Waals surface area (Å²) in [7, 11) is 0. The van der Waals surface area contributed by atoms with E-state index in [1.807, 2.05) is 0 Å². The maximum atomic E-state index is 4.54. The van der Waals surface area contributed by atoms with Crippen LogP contribution in [0.4, 0.5) is 0 Å². The summed E-state index contributed by atoms with van der Waals surface area (Å²) in [5.74, 6) is 0. The number of hydrogen-bond donors (Lipinski definition) is 1. The lowest BCUT2D eigenvalue weighted by Gasteiger charge is -2.06. The molecule has 0 radical (unpaired) electrons. The van der Waals surface area contributed by atoms with E-state index in [4.69, 9.17) is 0 Å². The molecule has 0 amide bonds. The van der Waals surface area contributed by atoms with Gasteiger partial charge in [-0.2, -0.15) is 0 Å². The third-order valence-corrected chi connectivity index (χ3v) is 4.80. The van der Waals surface area contributed by atoms with Crippen LogP contribution in [0.5, 0.6) is 0 Å². The minimum atomic E-state index is 1.06. The first kappa shape index (κ1) is 9.80. The number of hydrogen-bond acceptors (Lipinski definition) is 2. The van der Waals surface area contributed by atoms with Crippen LogP contribution in [0, 0.1) is 3.57 Å². The van der Waals surface area contributed by atoms with Gasteiger partial charge < -0.3 is 0 Å². The van der Waals surface area contributed by atoms with Crippen molar-refractivity contribution in [3.05, 3.63) is 26.6 Å². The van der Waals surface area contributed by atoms with Crippen molar-refractivity contribution < 1.29 is 0 Å². The fourth-order valence-corrected chi connectivity index (χ4v) is 3.54. The molecule has 0 fully saturated rings. The molecule has 0 unspecified atom stereocenters. The van der Waals surface area contributed by atoms with Crippen LogP contribution >= 0.6 is 46.6 Å². The van der Waals surface area contributed by atoms with Gasteiger partial charge in [0.25, 0.3) is 0 Å². The predicted octanol–water partition coefficient (Wildman–Crippen LogP) is 4.36. The fraction of sp³-hybridized carbons (Fsp3) is 0.200. The quantitative estimate of drug-likeness (QED) is 0.586.